The van der Waals surface area contributed by atoms with Crippen LogP contribution in [0.25, 0.3) is 0 Å². The number of hydrogen-bond donors (Lipinski definition) is 2. The van der Waals surface area contributed by atoms with Crippen molar-refractivity contribution in [3.63, 3.8) is 0 Å². The Morgan fingerprint density at radius 2 is 1.87 bits per heavy atom. The lowest BCUT2D eigenvalue weighted by Gasteiger charge is -2.21. The third-order valence-corrected chi connectivity index (χ3v) is 3.80. The molecular formula is C12H23N3. The van der Waals surface area contributed by atoms with Crippen molar-refractivity contribution in [2.24, 2.45) is 22.7 Å². The quantitative estimate of drug-likeness (QED) is 0.324. The molecule has 1 unspecified atom stereocenters. The topological polar surface area (TPSA) is 50.4 Å². The van der Waals surface area contributed by atoms with Gasteiger partial charge in [0.2, 0.25) is 0 Å². The molecule has 15 heavy (non-hydrogen) atoms. The maximum atomic E-state index is 5.58. The number of hydrogen-bond acceptors (Lipinski definition) is 2. The van der Waals surface area contributed by atoms with Gasteiger partial charge in [-0.1, -0.05) is 26.2 Å². The minimum absolute atomic E-state index is 0.533. The first kappa shape index (κ1) is 10.9. The number of nitrogens with zero attached hydrogens (tertiary/aromatic N) is 1. The van der Waals surface area contributed by atoms with Crippen LogP contribution in [-0.2, 0) is 0 Å². The predicted octanol–water partition coefficient (Wildman–Crippen LogP) is 2.23. The van der Waals surface area contributed by atoms with Gasteiger partial charge in [0.05, 0.1) is 6.04 Å². The third-order valence-electron chi connectivity index (χ3n) is 3.80. The number of nitrogens with two attached hydrogens (primary N) is 1. The second-order valence-electron chi connectivity index (χ2n) is 5.08. The smallest absolute Gasteiger partial charge is 0.114 e. The van der Waals surface area contributed by atoms with Crippen molar-refractivity contribution in [1.29, 1.82) is 0 Å². The molecule has 86 valence electrons. The van der Waals surface area contributed by atoms with Crippen LogP contribution in [0, 0.1) is 11.8 Å². The molecule has 0 aromatic rings. The minimum atomic E-state index is 0.533. The van der Waals surface area contributed by atoms with Gasteiger partial charge in [0.15, 0.2) is 0 Å². The third kappa shape index (κ3) is 2.94. The molecule has 0 heterocycles. The lowest BCUT2D eigenvalue weighted by atomic mass is 9.95. The summed E-state index contributed by atoms with van der Waals surface area (Å²) in [6.07, 6.45) is 9.27. The molecule has 2 rings (SSSR count). The van der Waals surface area contributed by atoms with Gasteiger partial charge in [-0.3, -0.25) is 4.99 Å². The molecule has 2 aliphatic carbocycles. The lowest BCUT2D eigenvalue weighted by Crippen LogP contribution is -2.37. The van der Waals surface area contributed by atoms with E-state index in [1.54, 1.807) is 0 Å². The Morgan fingerprint density at radius 3 is 2.40 bits per heavy atom. The van der Waals surface area contributed by atoms with E-state index >= 15 is 0 Å². The zero-order valence-corrected chi connectivity index (χ0v) is 9.71. The van der Waals surface area contributed by atoms with Crippen molar-refractivity contribution in [2.45, 2.75) is 57.9 Å². The fraction of sp³-hybridized carbons (Fsp3) is 0.917. The van der Waals surface area contributed by atoms with Crippen LogP contribution >= 0.6 is 0 Å². The van der Waals surface area contributed by atoms with Crippen molar-refractivity contribution in [3.05, 3.63) is 0 Å². The predicted molar refractivity (Wildman–Crippen MR) is 63.5 cm³/mol. The molecule has 3 heteroatoms. The largest absolute Gasteiger partial charge is 0.312 e. The lowest BCUT2D eigenvalue weighted by molar-refractivity contribution is 0.439. The number of rotatable bonds is 3. The van der Waals surface area contributed by atoms with Gasteiger partial charge < -0.3 is 5.43 Å². The summed E-state index contributed by atoms with van der Waals surface area (Å²) in [7, 11) is 0. The number of hydrazine groups is 1. The van der Waals surface area contributed by atoms with E-state index in [-0.39, 0.29) is 0 Å². The van der Waals surface area contributed by atoms with E-state index < -0.39 is 0 Å². The zero-order valence-electron chi connectivity index (χ0n) is 9.71. The van der Waals surface area contributed by atoms with Crippen molar-refractivity contribution in [1.82, 2.24) is 5.43 Å². The van der Waals surface area contributed by atoms with Crippen molar-refractivity contribution < 1.29 is 0 Å². The Labute approximate surface area is 92.5 Å². The Morgan fingerprint density at radius 1 is 1.20 bits per heavy atom. The standard InChI is InChI=1S/C12H23N3/c1-9(10-7-8-10)12(15-13)14-11-5-3-2-4-6-11/h9-11H,2-8,13H2,1H3,(H,14,15). The molecule has 0 aromatic carbocycles. The average Bonchev–Trinajstić information content (AvgIpc) is 3.10. The zero-order chi connectivity index (χ0) is 10.7. The van der Waals surface area contributed by atoms with Gasteiger partial charge in [-0.25, -0.2) is 5.84 Å². The highest BCUT2D eigenvalue weighted by atomic mass is 15.3. The van der Waals surface area contributed by atoms with E-state index in [4.69, 9.17) is 10.8 Å². The Balaban J connectivity index is 1.93. The molecule has 0 spiro atoms. The van der Waals surface area contributed by atoms with Crippen LogP contribution < -0.4 is 11.3 Å². The highest BCUT2D eigenvalue weighted by Crippen LogP contribution is 2.37. The molecule has 0 amide bonds. The molecule has 0 radical (unpaired) electrons. The van der Waals surface area contributed by atoms with Crippen LogP contribution in [0.15, 0.2) is 4.99 Å². The average molecular weight is 209 g/mol. The summed E-state index contributed by atoms with van der Waals surface area (Å²) in [5.74, 6) is 8.00. The van der Waals surface area contributed by atoms with E-state index in [2.05, 4.69) is 12.3 Å². The van der Waals surface area contributed by atoms with Crippen molar-refractivity contribution in [2.75, 3.05) is 0 Å². The summed E-state index contributed by atoms with van der Waals surface area (Å²) in [4.78, 5) is 4.80. The molecule has 0 saturated heterocycles. The molecule has 3 N–H and O–H groups in total. The summed E-state index contributed by atoms with van der Waals surface area (Å²) in [5, 5.41) is 0. The first-order chi connectivity index (χ1) is 7.31. The summed E-state index contributed by atoms with van der Waals surface area (Å²) < 4.78 is 0. The van der Waals surface area contributed by atoms with Crippen LogP contribution in [0.1, 0.15) is 51.9 Å². The molecule has 2 saturated carbocycles. The van der Waals surface area contributed by atoms with E-state index in [1.807, 2.05) is 0 Å². The fourth-order valence-electron chi connectivity index (χ4n) is 2.51. The van der Waals surface area contributed by atoms with Crippen LogP contribution in [0.5, 0.6) is 0 Å². The van der Waals surface area contributed by atoms with Gasteiger partial charge in [0, 0.05) is 5.92 Å². The first-order valence-corrected chi connectivity index (χ1v) is 6.35. The van der Waals surface area contributed by atoms with Gasteiger partial charge in [0.1, 0.15) is 5.84 Å². The van der Waals surface area contributed by atoms with E-state index in [0.29, 0.717) is 12.0 Å². The number of amidine groups is 1. The first-order valence-electron chi connectivity index (χ1n) is 6.35. The second-order valence-corrected chi connectivity index (χ2v) is 5.08. The van der Waals surface area contributed by atoms with Gasteiger partial charge in [-0.15, -0.1) is 0 Å². The van der Waals surface area contributed by atoms with Crippen molar-refractivity contribution in [3.8, 4) is 0 Å². The van der Waals surface area contributed by atoms with E-state index in [0.717, 1.165) is 11.8 Å². The number of nitrogens with one attached hydrogen (secondary N) is 1. The molecule has 0 bridgehead atoms. The Hall–Kier alpha value is -0.570. The summed E-state index contributed by atoms with van der Waals surface area (Å²) in [5.41, 5.74) is 2.82. The van der Waals surface area contributed by atoms with Crippen molar-refractivity contribution >= 4 is 5.84 Å². The van der Waals surface area contributed by atoms with Crippen LogP contribution in [-0.4, -0.2) is 11.9 Å². The van der Waals surface area contributed by atoms with E-state index in [1.165, 1.54) is 44.9 Å². The van der Waals surface area contributed by atoms with Gasteiger partial charge >= 0.3 is 0 Å². The molecule has 3 nitrogen and oxygen atoms in total. The maximum absolute atomic E-state index is 5.58. The normalized spacial score (nSPS) is 26.4. The van der Waals surface area contributed by atoms with Crippen LogP contribution in [0.3, 0.4) is 0 Å². The van der Waals surface area contributed by atoms with Crippen LogP contribution in [0.2, 0.25) is 0 Å². The molecule has 0 aliphatic heterocycles. The highest BCUT2D eigenvalue weighted by molar-refractivity contribution is 5.84. The summed E-state index contributed by atoms with van der Waals surface area (Å²) >= 11 is 0. The number of aliphatic imine (C=N–C) groups is 1. The Kier molecular flexibility index (Phi) is 3.62. The summed E-state index contributed by atoms with van der Waals surface area (Å²) in [6.45, 7) is 2.25. The molecule has 2 aliphatic rings. The molecule has 1 atom stereocenters. The van der Waals surface area contributed by atoms with E-state index in [9.17, 15) is 0 Å². The second kappa shape index (κ2) is 4.97. The SMILES string of the molecule is CC(C(=NC1CCCCC1)NN)C1CC1. The van der Waals surface area contributed by atoms with Crippen LogP contribution in [0.4, 0.5) is 0 Å². The molecule has 2 fully saturated rings. The summed E-state index contributed by atoms with van der Waals surface area (Å²) in [6, 6.07) is 0.533. The van der Waals surface area contributed by atoms with Gasteiger partial charge in [-0.05, 0) is 31.6 Å². The minimum Gasteiger partial charge on any atom is -0.312 e. The maximum Gasteiger partial charge on any atom is 0.114 e. The molecule has 0 aromatic heterocycles. The monoisotopic (exact) mass is 209 g/mol. The molecular weight excluding hydrogens is 186 g/mol. The van der Waals surface area contributed by atoms with Gasteiger partial charge in [-0.2, -0.15) is 0 Å². The van der Waals surface area contributed by atoms with Gasteiger partial charge in [0.25, 0.3) is 0 Å². The fourth-order valence-corrected chi connectivity index (χ4v) is 2.51. The Bertz CT molecular complexity index is 227. The highest BCUT2D eigenvalue weighted by Gasteiger charge is 2.31.